The standard InChI is InChI=1S/C14H21N3O3/c18-12-7-17(8-13(19)16-12)14(20)11-6-5-9-3-1-2-4-10(9)15-11/h9-11,15H,1-8H2,(H,16,18,19). The number of hydrogen-bond acceptors (Lipinski definition) is 4. The van der Waals surface area contributed by atoms with Crippen LogP contribution in [0.2, 0.25) is 0 Å². The van der Waals surface area contributed by atoms with Crippen molar-refractivity contribution in [3.05, 3.63) is 0 Å². The summed E-state index contributed by atoms with van der Waals surface area (Å²) in [4.78, 5) is 36.5. The zero-order valence-electron chi connectivity index (χ0n) is 11.6. The summed E-state index contributed by atoms with van der Waals surface area (Å²) in [7, 11) is 0. The largest absolute Gasteiger partial charge is 0.323 e. The lowest BCUT2D eigenvalue weighted by Gasteiger charge is -2.41. The van der Waals surface area contributed by atoms with Crippen molar-refractivity contribution in [2.24, 2.45) is 5.92 Å². The van der Waals surface area contributed by atoms with E-state index in [2.05, 4.69) is 10.6 Å². The molecule has 3 amide bonds. The van der Waals surface area contributed by atoms with E-state index in [0.29, 0.717) is 12.0 Å². The number of imide groups is 1. The van der Waals surface area contributed by atoms with Crippen LogP contribution in [0, 0.1) is 5.92 Å². The van der Waals surface area contributed by atoms with Crippen LogP contribution < -0.4 is 10.6 Å². The second kappa shape index (κ2) is 5.52. The van der Waals surface area contributed by atoms with Crippen molar-refractivity contribution in [1.29, 1.82) is 0 Å². The summed E-state index contributed by atoms with van der Waals surface area (Å²) < 4.78 is 0. The van der Waals surface area contributed by atoms with Gasteiger partial charge >= 0.3 is 0 Å². The maximum Gasteiger partial charge on any atom is 0.246 e. The quantitative estimate of drug-likeness (QED) is 0.651. The van der Waals surface area contributed by atoms with E-state index in [4.69, 9.17) is 0 Å². The number of fused-ring (bicyclic) bond motifs is 1. The van der Waals surface area contributed by atoms with Crippen LogP contribution in [-0.2, 0) is 14.4 Å². The van der Waals surface area contributed by atoms with Crippen LogP contribution in [0.15, 0.2) is 0 Å². The summed E-state index contributed by atoms with van der Waals surface area (Å²) >= 11 is 0. The highest BCUT2D eigenvalue weighted by Crippen LogP contribution is 2.32. The molecule has 110 valence electrons. The first-order chi connectivity index (χ1) is 9.63. The van der Waals surface area contributed by atoms with Crippen molar-refractivity contribution < 1.29 is 14.4 Å². The molecule has 0 bridgehead atoms. The minimum absolute atomic E-state index is 0.00313. The number of carbonyl (C=O) groups is 3. The Morgan fingerprint density at radius 3 is 2.45 bits per heavy atom. The normalized spacial score (nSPS) is 34.4. The first-order valence-corrected chi connectivity index (χ1v) is 7.51. The number of carbonyl (C=O) groups excluding carboxylic acids is 3. The molecule has 6 heteroatoms. The molecule has 0 aromatic carbocycles. The first-order valence-electron chi connectivity index (χ1n) is 7.51. The molecule has 6 nitrogen and oxygen atoms in total. The molecule has 3 aliphatic rings. The fourth-order valence-electron chi connectivity index (χ4n) is 3.70. The van der Waals surface area contributed by atoms with Gasteiger partial charge in [0.2, 0.25) is 17.7 Å². The maximum atomic E-state index is 12.4. The van der Waals surface area contributed by atoms with Crippen LogP contribution in [-0.4, -0.2) is 47.8 Å². The lowest BCUT2D eigenvalue weighted by Crippen LogP contribution is -2.60. The number of hydrogen-bond donors (Lipinski definition) is 2. The summed E-state index contributed by atoms with van der Waals surface area (Å²) in [5, 5.41) is 5.67. The summed E-state index contributed by atoms with van der Waals surface area (Å²) in [5.74, 6) is -0.182. The molecular formula is C14H21N3O3. The molecule has 3 rings (SSSR count). The maximum absolute atomic E-state index is 12.4. The van der Waals surface area contributed by atoms with Gasteiger partial charge in [-0.05, 0) is 31.6 Å². The average molecular weight is 279 g/mol. The molecule has 2 aliphatic heterocycles. The molecule has 0 aromatic rings. The summed E-state index contributed by atoms with van der Waals surface area (Å²) in [6.07, 6.45) is 6.79. The van der Waals surface area contributed by atoms with E-state index in [9.17, 15) is 14.4 Å². The average Bonchev–Trinajstić information content (AvgIpc) is 2.45. The molecule has 0 spiro atoms. The van der Waals surface area contributed by atoms with Gasteiger partial charge in [-0.1, -0.05) is 12.8 Å². The van der Waals surface area contributed by atoms with Gasteiger partial charge in [0, 0.05) is 6.04 Å². The van der Waals surface area contributed by atoms with Gasteiger partial charge in [-0.3, -0.25) is 19.7 Å². The van der Waals surface area contributed by atoms with E-state index in [0.717, 1.165) is 19.3 Å². The minimum Gasteiger partial charge on any atom is -0.323 e. The van der Waals surface area contributed by atoms with Crippen molar-refractivity contribution in [2.75, 3.05) is 13.1 Å². The third-order valence-electron chi connectivity index (χ3n) is 4.71. The lowest BCUT2D eigenvalue weighted by atomic mass is 9.77. The molecule has 2 saturated heterocycles. The van der Waals surface area contributed by atoms with Crippen LogP contribution in [0.4, 0.5) is 0 Å². The highest BCUT2D eigenvalue weighted by Gasteiger charge is 2.37. The second-order valence-electron chi connectivity index (χ2n) is 6.11. The van der Waals surface area contributed by atoms with Crippen LogP contribution in [0.25, 0.3) is 0 Å². The van der Waals surface area contributed by atoms with Crippen molar-refractivity contribution in [1.82, 2.24) is 15.5 Å². The molecule has 1 saturated carbocycles. The Kier molecular flexibility index (Phi) is 3.74. The van der Waals surface area contributed by atoms with Gasteiger partial charge < -0.3 is 10.2 Å². The molecule has 3 fully saturated rings. The minimum atomic E-state index is -0.388. The molecule has 1 aliphatic carbocycles. The predicted octanol–water partition coefficient (Wildman–Crippen LogP) is -0.218. The fourth-order valence-corrected chi connectivity index (χ4v) is 3.70. The van der Waals surface area contributed by atoms with Crippen LogP contribution in [0.5, 0.6) is 0 Å². The number of piperazine rings is 1. The van der Waals surface area contributed by atoms with E-state index in [-0.39, 0.29) is 36.9 Å². The van der Waals surface area contributed by atoms with Crippen LogP contribution in [0.1, 0.15) is 38.5 Å². The van der Waals surface area contributed by atoms with Gasteiger partial charge in [0.25, 0.3) is 0 Å². The highest BCUT2D eigenvalue weighted by atomic mass is 16.2. The summed E-state index contributed by atoms with van der Waals surface area (Å²) in [6.45, 7) is -0.00625. The molecule has 3 atom stereocenters. The monoisotopic (exact) mass is 279 g/mol. The van der Waals surface area contributed by atoms with Crippen molar-refractivity contribution in [3.8, 4) is 0 Å². The molecule has 2 heterocycles. The number of amides is 3. The Balaban J connectivity index is 1.62. The molecule has 0 aromatic heterocycles. The highest BCUT2D eigenvalue weighted by molar-refractivity contribution is 6.03. The van der Waals surface area contributed by atoms with Gasteiger partial charge in [-0.25, -0.2) is 0 Å². The second-order valence-corrected chi connectivity index (χ2v) is 6.11. The fraction of sp³-hybridized carbons (Fsp3) is 0.786. The lowest BCUT2D eigenvalue weighted by molar-refractivity contribution is -0.147. The zero-order chi connectivity index (χ0) is 14.1. The Labute approximate surface area is 118 Å². The van der Waals surface area contributed by atoms with Gasteiger partial charge in [0.15, 0.2) is 0 Å². The smallest absolute Gasteiger partial charge is 0.246 e. The topological polar surface area (TPSA) is 78.5 Å². The SMILES string of the molecule is O=C1CN(C(=O)C2CCC3CCCCC3N2)CC(=O)N1. The number of piperidine rings is 1. The Bertz CT molecular complexity index is 421. The molecule has 0 radical (unpaired) electrons. The third-order valence-corrected chi connectivity index (χ3v) is 4.71. The number of rotatable bonds is 1. The van der Waals surface area contributed by atoms with Crippen molar-refractivity contribution in [2.45, 2.75) is 50.6 Å². The number of nitrogens with zero attached hydrogens (tertiary/aromatic N) is 1. The Morgan fingerprint density at radius 1 is 1.00 bits per heavy atom. The van der Waals surface area contributed by atoms with Gasteiger partial charge in [0.1, 0.15) is 13.1 Å². The Hall–Kier alpha value is -1.43. The third kappa shape index (κ3) is 2.70. The van der Waals surface area contributed by atoms with Crippen molar-refractivity contribution >= 4 is 17.7 Å². The first kappa shape index (κ1) is 13.5. The van der Waals surface area contributed by atoms with E-state index in [1.165, 1.54) is 24.2 Å². The molecule has 2 N–H and O–H groups in total. The Morgan fingerprint density at radius 2 is 1.70 bits per heavy atom. The summed E-state index contributed by atoms with van der Waals surface area (Å²) in [5.41, 5.74) is 0. The van der Waals surface area contributed by atoms with E-state index in [1.807, 2.05) is 0 Å². The van der Waals surface area contributed by atoms with E-state index in [1.54, 1.807) is 0 Å². The summed E-state index contributed by atoms with van der Waals surface area (Å²) in [6, 6.07) is 0.203. The molecular weight excluding hydrogens is 258 g/mol. The molecule has 3 unspecified atom stereocenters. The predicted molar refractivity (Wildman–Crippen MR) is 71.6 cm³/mol. The molecule has 20 heavy (non-hydrogen) atoms. The number of nitrogens with one attached hydrogen (secondary N) is 2. The van der Waals surface area contributed by atoms with Crippen LogP contribution >= 0.6 is 0 Å². The van der Waals surface area contributed by atoms with Gasteiger partial charge in [-0.15, -0.1) is 0 Å². The van der Waals surface area contributed by atoms with Crippen molar-refractivity contribution in [3.63, 3.8) is 0 Å². The van der Waals surface area contributed by atoms with E-state index >= 15 is 0 Å². The van der Waals surface area contributed by atoms with E-state index < -0.39 is 0 Å². The van der Waals surface area contributed by atoms with Gasteiger partial charge in [0.05, 0.1) is 6.04 Å². The van der Waals surface area contributed by atoms with Gasteiger partial charge in [-0.2, -0.15) is 0 Å². The zero-order valence-corrected chi connectivity index (χ0v) is 11.6. The van der Waals surface area contributed by atoms with Crippen LogP contribution in [0.3, 0.4) is 0 Å².